The van der Waals surface area contributed by atoms with Crippen LogP contribution >= 0.6 is 23.2 Å². The number of carbonyl (C=O) groups excluding carboxylic acids is 2. The third-order valence-electron chi connectivity index (χ3n) is 5.35. The van der Waals surface area contributed by atoms with E-state index in [0.29, 0.717) is 27.8 Å². The van der Waals surface area contributed by atoms with Crippen LogP contribution in [0.25, 0.3) is 0 Å². The van der Waals surface area contributed by atoms with Crippen LogP contribution in [0.5, 0.6) is 5.75 Å². The zero-order chi connectivity index (χ0) is 23.8. The normalized spacial score (nSPS) is 11.5. The van der Waals surface area contributed by atoms with E-state index in [2.05, 4.69) is 5.32 Å². The molecule has 3 aromatic rings. The number of amides is 2. The molecular formula is C26H26Cl2N2O3. The fourth-order valence-electron chi connectivity index (χ4n) is 3.52. The summed E-state index contributed by atoms with van der Waals surface area (Å²) in [6.45, 7) is 1.75. The lowest BCUT2D eigenvalue weighted by Gasteiger charge is -2.31. The minimum absolute atomic E-state index is 0.0688. The van der Waals surface area contributed by atoms with E-state index in [-0.39, 0.29) is 25.0 Å². The molecule has 0 fully saturated rings. The smallest absolute Gasteiger partial charge is 0.261 e. The number of rotatable bonds is 9. The van der Waals surface area contributed by atoms with E-state index in [1.807, 2.05) is 55.5 Å². The Morgan fingerprint density at radius 3 is 2.21 bits per heavy atom. The third-order valence-corrected chi connectivity index (χ3v) is 6.06. The Morgan fingerprint density at radius 1 is 0.939 bits per heavy atom. The van der Waals surface area contributed by atoms with E-state index >= 15 is 0 Å². The maximum absolute atomic E-state index is 13.4. The van der Waals surface area contributed by atoms with Gasteiger partial charge in [-0.15, -0.1) is 0 Å². The largest absolute Gasteiger partial charge is 0.484 e. The quantitative estimate of drug-likeness (QED) is 0.461. The van der Waals surface area contributed by atoms with Crippen molar-refractivity contribution in [2.75, 3.05) is 13.7 Å². The predicted octanol–water partition coefficient (Wildman–Crippen LogP) is 5.07. The lowest BCUT2D eigenvalue weighted by molar-refractivity contribution is -0.142. The highest BCUT2D eigenvalue weighted by molar-refractivity contribution is 6.36. The standard InChI is InChI=1S/C26H26Cl2N2O3/c1-18-9-6-7-14-24(18)33-17-25(31)30(16-20-21(27)12-8-13-22(20)28)23(26(32)29-2)15-19-10-4-3-5-11-19/h3-14,23H,15-17H2,1-2H3,(H,29,32)/t23-/m0/s1. The number of likely N-dealkylation sites (N-methyl/N-ethyl adjacent to an activating group) is 1. The number of hydrogen-bond acceptors (Lipinski definition) is 3. The van der Waals surface area contributed by atoms with Gasteiger partial charge in [0.1, 0.15) is 11.8 Å². The Morgan fingerprint density at radius 2 is 1.58 bits per heavy atom. The average Bonchev–Trinajstić information content (AvgIpc) is 2.82. The van der Waals surface area contributed by atoms with Gasteiger partial charge in [-0.1, -0.05) is 77.8 Å². The monoisotopic (exact) mass is 484 g/mol. The number of benzene rings is 3. The molecule has 0 aliphatic heterocycles. The number of ether oxygens (including phenoxy) is 1. The van der Waals surface area contributed by atoms with E-state index in [4.69, 9.17) is 27.9 Å². The van der Waals surface area contributed by atoms with Gasteiger partial charge in [0.2, 0.25) is 5.91 Å². The fraction of sp³-hybridized carbons (Fsp3) is 0.231. The molecule has 0 radical (unpaired) electrons. The van der Waals surface area contributed by atoms with Crippen LogP contribution in [0.3, 0.4) is 0 Å². The van der Waals surface area contributed by atoms with Crippen molar-refractivity contribution in [2.24, 2.45) is 0 Å². The zero-order valence-corrected chi connectivity index (χ0v) is 20.1. The number of nitrogens with one attached hydrogen (secondary N) is 1. The van der Waals surface area contributed by atoms with Crippen LogP contribution in [-0.4, -0.2) is 36.4 Å². The molecule has 0 aromatic heterocycles. The van der Waals surface area contributed by atoms with E-state index in [9.17, 15) is 9.59 Å². The first-order chi connectivity index (χ1) is 15.9. The highest BCUT2D eigenvalue weighted by Gasteiger charge is 2.31. The van der Waals surface area contributed by atoms with Crippen LogP contribution in [0.1, 0.15) is 16.7 Å². The fourth-order valence-corrected chi connectivity index (χ4v) is 4.03. The van der Waals surface area contributed by atoms with Gasteiger partial charge in [-0.2, -0.15) is 0 Å². The van der Waals surface area contributed by atoms with Gasteiger partial charge in [0.15, 0.2) is 6.61 Å². The maximum atomic E-state index is 13.4. The summed E-state index contributed by atoms with van der Waals surface area (Å²) in [6.07, 6.45) is 0.332. The number of nitrogens with zero attached hydrogens (tertiary/aromatic N) is 1. The van der Waals surface area contributed by atoms with Gasteiger partial charge in [0.05, 0.1) is 0 Å². The van der Waals surface area contributed by atoms with Gasteiger partial charge in [0, 0.05) is 35.6 Å². The second-order valence-corrected chi connectivity index (χ2v) is 8.41. The number of hydrogen-bond donors (Lipinski definition) is 1. The third kappa shape index (κ3) is 6.50. The van der Waals surface area contributed by atoms with Gasteiger partial charge in [-0.3, -0.25) is 9.59 Å². The van der Waals surface area contributed by atoms with Crippen LogP contribution in [0.15, 0.2) is 72.8 Å². The first-order valence-electron chi connectivity index (χ1n) is 10.6. The summed E-state index contributed by atoms with van der Waals surface area (Å²) in [5.74, 6) is -0.0221. The van der Waals surface area contributed by atoms with Crippen LogP contribution in [0.2, 0.25) is 10.0 Å². The SMILES string of the molecule is CNC(=O)[C@H](Cc1ccccc1)N(Cc1c(Cl)cccc1Cl)C(=O)COc1ccccc1C. The van der Waals surface area contributed by atoms with Crippen molar-refractivity contribution in [3.63, 3.8) is 0 Å². The summed E-state index contributed by atoms with van der Waals surface area (Å²) < 4.78 is 5.80. The Bertz CT molecular complexity index is 1090. The number of halogens is 2. The molecule has 3 aromatic carbocycles. The minimum Gasteiger partial charge on any atom is -0.484 e. The van der Waals surface area contributed by atoms with Crippen LogP contribution < -0.4 is 10.1 Å². The van der Waals surface area contributed by atoms with Gasteiger partial charge < -0.3 is 15.0 Å². The molecule has 0 spiro atoms. The van der Waals surface area contributed by atoms with Crippen molar-refractivity contribution in [1.82, 2.24) is 10.2 Å². The molecule has 33 heavy (non-hydrogen) atoms. The molecular weight excluding hydrogens is 459 g/mol. The first-order valence-corrected chi connectivity index (χ1v) is 11.3. The van der Waals surface area contributed by atoms with Gasteiger partial charge >= 0.3 is 0 Å². The van der Waals surface area contributed by atoms with Crippen LogP contribution in [0.4, 0.5) is 0 Å². The highest BCUT2D eigenvalue weighted by atomic mass is 35.5. The maximum Gasteiger partial charge on any atom is 0.261 e. The number of aryl methyl sites for hydroxylation is 1. The number of para-hydroxylation sites is 1. The van der Waals surface area contributed by atoms with E-state index in [1.54, 1.807) is 31.3 Å². The molecule has 5 nitrogen and oxygen atoms in total. The summed E-state index contributed by atoms with van der Waals surface area (Å²) in [5.41, 5.74) is 2.42. The molecule has 2 amide bonds. The summed E-state index contributed by atoms with van der Waals surface area (Å²) in [5, 5.41) is 3.53. The molecule has 1 atom stereocenters. The molecule has 3 rings (SSSR count). The average molecular weight is 485 g/mol. The van der Waals surface area contributed by atoms with Crippen LogP contribution in [0, 0.1) is 6.92 Å². The Kier molecular flexibility index (Phi) is 8.75. The van der Waals surface area contributed by atoms with Gasteiger partial charge in [-0.25, -0.2) is 0 Å². The van der Waals surface area contributed by atoms with Crippen molar-refractivity contribution in [3.8, 4) is 5.75 Å². The Balaban J connectivity index is 1.93. The van der Waals surface area contributed by atoms with Crippen molar-refractivity contribution >= 4 is 35.0 Å². The van der Waals surface area contributed by atoms with E-state index in [1.165, 1.54) is 4.90 Å². The van der Waals surface area contributed by atoms with Crippen molar-refractivity contribution in [3.05, 3.63) is 99.5 Å². The molecule has 0 bridgehead atoms. The molecule has 0 unspecified atom stereocenters. The molecule has 1 N–H and O–H groups in total. The van der Waals surface area contributed by atoms with Gasteiger partial charge in [-0.05, 0) is 36.2 Å². The highest BCUT2D eigenvalue weighted by Crippen LogP contribution is 2.27. The lowest BCUT2D eigenvalue weighted by atomic mass is 10.0. The second kappa shape index (κ2) is 11.7. The van der Waals surface area contributed by atoms with E-state index in [0.717, 1.165) is 11.1 Å². The summed E-state index contributed by atoms with van der Waals surface area (Å²) in [4.78, 5) is 27.9. The van der Waals surface area contributed by atoms with Crippen LogP contribution in [-0.2, 0) is 22.6 Å². The Hall–Kier alpha value is -3.02. The van der Waals surface area contributed by atoms with Crippen molar-refractivity contribution < 1.29 is 14.3 Å². The molecule has 0 aliphatic rings. The van der Waals surface area contributed by atoms with E-state index < -0.39 is 6.04 Å². The van der Waals surface area contributed by atoms with Crippen molar-refractivity contribution in [1.29, 1.82) is 0 Å². The zero-order valence-electron chi connectivity index (χ0n) is 18.6. The minimum atomic E-state index is -0.780. The summed E-state index contributed by atoms with van der Waals surface area (Å²) in [7, 11) is 1.55. The predicted molar refractivity (Wildman–Crippen MR) is 132 cm³/mol. The lowest BCUT2D eigenvalue weighted by Crippen LogP contribution is -2.51. The molecule has 0 aliphatic carbocycles. The summed E-state index contributed by atoms with van der Waals surface area (Å²) in [6, 6.07) is 21.4. The molecule has 0 saturated heterocycles. The molecule has 0 saturated carbocycles. The molecule has 172 valence electrons. The second-order valence-electron chi connectivity index (χ2n) is 7.60. The number of carbonyl (C=O) groups is 2. The topological polar surface area (TPSA) is 58.6 Å². The van der Waals surface area contributed by atoms with Crippen molar-refractivity contribution in [2.45, 2.75) is 25.9 Å². The van der Waals surface area contributed by atoms with Gasteiger partial charge in [0.25, 0.3) is 5.91 Å². The Labute approximate surface area is 204 Å². The first kappa shape index (κ1) is 24.6. The summed E-state index contributed by atoms with van der Waals surface area (Å²) >= 11 is 12.8. The molecule has 7 heteroatoms. The molecule has 0 heterocycles.